The van der Waals surface area contributed by atoms with Gasteiger partial charge in [0.1, 0.15) is 11.3 Å². The van der Waals surface area contributed by atoms with Crippen LogP contribution in [0, 0.1) is 0 Å². The Kier molecular flexibility index (Phi) is 5.52. The molecule has 2 amide bonds. The number of benzene rings is 2. The Hall–Kier alpha value is -3.61. The summed E-state index contributed by atoms with van der Waals surface area (Å²) in [5.41, 5.74) is 1.53. The molecule has 0 saturated carbocycles. The van der Waals surface area contributed by atoms with Crippen LogP contribution in [0.25, 0.3) is 11.0 Å². The van der Waals surface area contributed by atoms with Crippen molar-refractivity contribution < 1.29 is 23.5 Å². The molecule has 0 radical (unpaired) electrons. The molecular weight excluding hydrogens is 384 g/mol. The van der Waals surface area contributed by atoms with Crippen molar-refractivity contribution >= 4 is 34.4 Å². The number of nitrogens with one attached hydrogen (secondary N) is 1. The number of ether oxygens (including phenoxy) is 1. The minimum absolute atomic E-state index is 0.0207. The zero-order valence-electron chi connectivity index (χ0n) is 16.6. The highest BCUT2D eigenvalue weighted by atomic mass is 16.5. The van der Waals surface area contributed by atoms with Gasteiger partial charge in [-0.1, -0.05) is 30.3 Å². The molecule has 1 fully saturated rings. The van der Waals surface area contributed by atoms with Crippen molar-refractivity contribution in [2.45, 2.75) is 25.8 Å². The monoisotopic (exact) mass is 406 g/mol. The Labute approximate surface area is 173 Å². The predicted octanol–water partition coefficient (Wildman–Crippen LogP) is 3.59. The maximum Gasteiger partial charge on any atom is 0.340 e. The van der Waals surface area contributed by atoms with Gasteiger partial charge >= 0.3 is 5.97 Å². The topological polar surface area (TPSA) is 88.9 Å². The van der Waals surface area contributed by atoms with Crippen LogP contribution in [-0.4, -0.2) is 30.9 Å². The lowest BCUT2D eigenvalue weighted by Crippen LogP contribution is -2.31. The quantitative estimate of drug-likeness (QED) is 0.632. The normalized spacial score (nSPS) is 14.7. The van der Waals surface area contributed by atoms with E-state index in [4.69, 9.17) is 9.15 Å². The summed E-state index contributed by atoms with van der Waals surface area (Å²) in [4.78, 5) is 38.4. The van der Waals surface area contributed by atoms with Gasteiger partial charge in [-0.25, -0.2) is 4.79 Å². The number of amides is 2. The van der Waals surface area contributed by atoms with Gasteiger partial charge in [0.2, 0.25) is 5.91 Å². The van der Waals surface area contributed by atoms with E-state index in [1.807, 2.05) is 30.3 Å². The van der Waals surface area contributed by atoms with Crippen LogP contribution in [0.15, 0.2) is 59.0 Å². The number of carbonyl (C=O) groups excluding carboxylic acids is 3. The van der Waals surface area contributed by atoms with E-state index < -0.39 is 18.5 Å². The van der Waals surface area contributed by atoms with Crippen LogP contribution in [0.5, 0.6) is 0 Å². The number of anilines is 1. The number of para-hydroxylation sites is 2. The summed E-state index contributed by atoms with van der Waals surface area (Å²) in [5.74, 6) is -0.482. The first-order chi connectivity index (χ1) is 14.5. The molecule has 7 nitrogen and oxygen atoms in total. The first kappa shape index (κ1) is 19.7. The first-order valence-corrected chi connectivity index (χ1v) is 9.87. The summed E-state index contributed by atoms with van der Waals surface area (Å²) in [5, 5.41) is 3.72. The second-order valence-corrected chi connectivity index (χ2v) is 7.22. The average molecular weight is 406 g/mol. The molecule has 1 aliphatic heterocycles. The van der Waals surface area contributed by atoms with Gasteiger partial charge in [-0.05, 0) is 37.6 Å². The predicted molar refractivity (Wildman–Crippen MR) is 111 cm³/mol. The van der Waals surface area contributed by atoms with Gasteiger partial charge in [0, 0.05) is 18.4 Å². The number of carbonyl (C=O) groups is 3. The highest BCUT2D eigenvalue weighted by Gasteiger charge is 2.26. The average Bonchev–Trinajstić information content (AvgIpc) is 3.38. The van der Waals surface area contributed by atoms with Crippen molar-refractivity contribution in [3.05, 3.63) is 65.9 Å². The van der Waals surface area contributed by atoms with E-state index in [0.29, 0.717) is 24.4 Å². The third-order valence-electron chi connectivity index (χ3n) is 5.07. The fourth-order valence-corrected chi connectivity index (χ4v) is 3.56. The van der Waals surface area contributed by atoms with Crippen molar-refractivity contribution in [1.29, 1.82) is 0 Å². The zero-order chi connectivity index (χ0) is 21.1. The third-order valence-corrected chi connectivity index (χ3v) is 5.07. The summed E-state index contributed by atoms with van der Waals surface area (Å²) in [6.07, 6.45) is 1.22. The van der Waals surface area contributed by atoms with Crippen LogP contribution in [0.3, 0.4) is 0 Å². The standard InChI is InChI=1S/C23H22N2O5/c1-15(20-13-16-7-2-5-10-19(16)30-20)24-21(26)14-29-23(28)17-8-3-4-9-18(17)25-12-6-11-22(25)27/h2-5,7-10,13,15H,6,11-12,14H2,1H3,(H,24,26). The van der Waals surface area contributed by atoms with Crippen molar-refractivity contribution in [1.82, 2.24) is 5.32 Å². The lowest BCUT2D eigenvalue weighted by molar-refractivity contribution is -0.125. The molecule has 7 heteroatoms. The molecule has 1 atom stereocenters. The number of nitrogens with zero attached hydrogens (tertiary/aromatic N) is 1. The molecule has 154 valence electrons. The van der Waals surface area contributed by atoms with Crippen LogP contribution in [-0.2, 0) is 14.3 Å². The Bertz CT molecular complexity index is 1070. The highest BCUT2D eigenvalue weighted by molar-refractivity contribution is 6.03. The molecule has 1 aliphatic rings. The van der Waals surface area contributed by atoms with Crippen LogP contribution >= 0.6 is 0 Å². The Balaban J connectivity index is 1.37. The van der Waals surface area contributed by atoms with E-state index in [2.05, 4.69) is 5.32 Å². The van der Waals surface area contributed by atoms with Gasteiger partial charge < -0.3 is 19.4 Å². The number of fused-ring (bicyclic) bond motifs is 1. The van der Waals surface area contributed by atoms with Crippen molar-refractivity contribution in [3.63, 3.8) is 0 Å². The summed E-state index contributed by atoms with van der Waals surface area (Å²) in [7, 11) is 0. The minimum Gasteiger partial charge on any atom is -0.459 e. The van der Waals surface area contributed by atoms with E-state index in [9.17, 15) is 14.4 Å². The van der Waals surface area contributed by atoms with Crippen LogP contribution in [0.4, 0.5) is 5.69 Å². The Morgan fingerprint density at radius 3 is 2.70 bits per heavy atom. The lowest BCUT2D eigenvalue weighted by Gasteiger charge is -2.19. The summed E-state index contributed by atoms with van der Waals surface area (Å²) >= 11 is 0. The van der Waals surface area contributed by atoms with Gasteiger partial charge in [-0.15, -0.1) is 0 Å². The van der Waals surface area contributed by atoms with Gasteiger partial charge in [0.05, 0.1) is 17.3 Å². The van der Waals surface area contributed by atoms with Crippen molar-refractivity contribution in [2.75, 3.05) is 18.1 Å². The fraction of sp³-hybridized carbons (Fsp3) is 0.261. The first-order valence-electron chi connectivity index (χ1n) is 9.87. The van der Waals surface area contributed by atoms with E-state index >= 15 is 0 Å². The maximum atomic E-state index is 12.5. The molecule has 30 heavy (non-hydrogen) atoms. The van der Waals surface area contributed by atoms with Gasteiger partial charge in [0.15, 0.2) is 6.61 Å². The molecule has 2 aromatic carbocycles. The number of rotatable bonds is 6. The van der Waals surface area contributed by atoms with E-state index in [0.717, 1.165) is 17.4 Å². The molecule has 2 heterocycles. The van der Waals surface area contributed by atoms with Crippen LogP contribution < -0.4 is 10.2 Å². The van der Waals surface area contributed by atoms with E-state index in [-0.39, 0.29) is 17.5 Å². The van der Waals surface area contributed by atoms with Gasteiger partial charge in [0.25, 0.3) is 5.91 Å². The van der Waals surface area contributed by atoms with Crippen LogP contribution in [0.1, 0.15) is 41.9 Å². The Morgan fingerprint density at radius 1 is 1.17 bits per heavy atom. The molecule has 1 aromatic heterocycles. The summed E-state index contributed by atoms with van der Waals surface area (Å²) in [6, 6.07) is 15.8. The summed E-state index contributed by atoms with van der Waals surface area (Å²) < 4.78 is 10.9. The van der Waals surface area contributed by atoms with Gasteiger partial charge in [-0.3, -0.25) is 9.59 Å². The molecule has 1 N–H and O–H groups in total. The number of hydrogen-bond donors (Lipinski definition) is 1. The number of esters is 1. The highest BCUT2D eigenvalue weighted by Crippen LogP contribution is 2.26. The minimum atomic E-state index is -0.642. The molecule has 1 unspecified atom stereocenters. The van der Waals surface area contributed by atoms with Crippen molar-refractivity contribution in [2.24, 2.45) is 0 Å². The Morgan fingerprint density at radius 2 is 1.93 bits per heavy atom. The lowest BCUT2D eigenvalue weighted by atomic mass is 10.1. The molecule has 1 saturated heterocycles. The maximum absolute atomic E-state index is 12.5. The smallest absolute Gasteiger partial charge is 0.340 e. The second-order valence-electron chi connectivity index (χ2n) is 7.22. The zero-order valence-corrected chi connectivity index (χ0v) is 16.6. The summed E-state index contributed by atoms with van der Waals surface area (Å²) in [6.45, 7) is 1.94. The van der Waals surface area contributed by atoms with Gasteiger partial charge in [-0.2, -0.15) is 0 Å². The number of hydrogen-bond acceptors (Lipinski definition) is 5. The second kappa shape index (κ2) is 8.41. The van der Waals surface area contributed by atoms with E-state index in [1.54, 1.807) is 36.1 Å². The molecule has 3 aromatic rings. The van der Waals surface area contributed by atoms with E-state index in [1.165, 1.54) is 0 Å². The largest absolute Gasteiger partial charge is 0.459 e. The van der Waals surface area contributed by atoms with Crippen LogP contribution in [0.2, 0.25) is 0 Å². The molecule has 4 rings (SSSR count). The molecule has 0 spiro atoms. The van der Waals surface area contributed by atoms with Crippen molar-refractivity contribution in [3.8, 4) is 0 Å². The molecule has 0 bridgehead atoms. The third kappa shape index (κ3) is 4.05. The SMILES string of the molecule is CC(NC(=O)COC(=O)c1ccccc1N1CCCC1=O)c1cc2ccccc2o1. The molecule has 0 aliphatic carbocycles. The fourth-order valence-electron chi connectivity index (χ4n) is 3.56. The number of furan rings is 1. The molecular formula is C23H22N2O5.